The fourth-order valence-electron chi connectivity index (χ4n) is 2.33. The zero-order chi connectivity index (χ0) is 14.1. The van der Waals surface area contributed by atoms with Gasteiger partial charge in [0.05, 0.1) is 11.4 Å². The molecule has 3 rings (SSSR count). The quantitative estimate of drug-likeness (QED) is 0.803. The van der Waals surface area contributed by atoms with E-state index < -0.39 is 0 Å². The van der Waals surface area contributed by atoms with Gasteiger partial charge in [-0.3, -0.25) is 4.98 Å². The molecule has 0 aliphatic heterocycles. The van der Waals surface area contributed by atoms with Crippen molar-refractivity contribution in [2.75, 3.05) is 6.54 Å². The number of pyridine rings is 2. The molecular weight excluding hydrogens is 316 g/mol. The molecular formula is C15H15BrN4. The molecule has 0 aromatic carbocycles. The number of fused-ring (bicyclic) bond motifs is 1. The van der Waals surface area contributed by atoms with Crippen molar-refractivity contribution in [2.24, 2.45) is 5.73 Å². The summed E-state index contributed by atoms with van der Waals surface area (Å²) in [6.07, 6.45) is 6.42. The van der Waals surface area contributed by atoms with Gasteiger partial charge in [-0.15, -0.1) is 0 Å². The van der Waals surface area contributed by atoms with Gasteiger partial charge in [0.1, 0.15) is 5.65 Å². The first-order valence-electron chi connectivity index (χ1n) is 6.48. The molecule has 2 N–H and O–H groups in total. The molecule has 3 aromatic heterocycles. The first-order valence-corrected chi connectivity index (χ1v) is 7.27. The molecule has 0 aliphatic carbocycles. The predicted octanol–water partition coefficient (Wildman–Crippen LogP) is 2.97. The summed E-state index contributed by atoms with van der Waals surface area (Å²) in [4.78, 5) is 8.82. The second-order valence-electron chi connectivity index (χ2n) is 4.71. The maximum absolute atomic E-state index is 5.76. The average molecular weight is 331 g/mol. The number of rotatable bonds is 3. The standard InChI is InChI=1S/C15H15BrN4/c1-10-8-14-19-15(11-3-6-18-7-4-11)13(2-5-17)20(14)9-12(10)16/h3-4,6-9H,2,5,17H2,1H3. The fourth-order valence-corrected chi connectivity index (χ4v) is 2.64. The van der Waals surface area contributed by atoms with Crippen LogP contribution in [0.3, 0.4) is 0 Å². The van der Waals surface area contributed by atoms with Crippen LogP contribution >= 0.6 is 15.9 Å². The van der Waals surface area contributed by atoms with Crippen LogP contribution in [0, 0.1) is 6.92 Å². The number of nitrogens with zero attached hydrogens (tertiary/aromatic N) is 3. The lowest BCUT2D eigenvalue weighted by Crippen LogP contribution is -2.06. The van der Waals surface area contributed by atoms with E-state index in [1.165, 1.54) is 5.56 Å². The highest BCUT2D eigenvalue weighted by atomic mass is 79.9. The number of hydrogen-bond donors (Lipinski definition) is 1. The van der Waals surface area contributed by atoms with Gasteiger partial charge in [-0.25, -0.2) is 4.98 Å². The Morgan fingerprint density at radius 2 is 2.05 bits per heavy atom. The second kappa shape index (κ2) is 5.34. The van der Waals surface area contributed by atoms with Crippen LogP contribution in [0.1, 0.15) is 11.3 Å². The van der Waals surface area contributed by atoms with Gasteiger partial charge >= 0.3 is 0 Å². The van der Waals surface area contributed by atoms with E-state index in [1.54, 1.807) is 12.4 Å². The van der Waals surface area contributed by atoms with Crippen molar-refractivity contribution < 1.29 is 0 Å². The van der Waals surface area contributed by atoms with Gasteiger partial charge in [-0.2, -0.15) is 0 Å². The van der Waals surface area contributed by atoms with Gasteiger partial charge in [-0.1, -0.05) is 0 Å². The van der Waals surface area contributed by atoms with Crippen molar-refractivity contribution in [3.63, 3.8) is 0 Å². The van der Waals surface area contributed by atoms with E-state index in [0.29, 0.717) is 6.54 Å². The fraction of sp³-hybridized carbons (Fsp3) is 0.200. The summed E-state index contributed by atoms with van der Waals surface area (Å²) in [5.74, 6) is 0. The first kappa shape index (κ1) is 13.3. The molecule has 0 saturated carbocycles. The van der Waals surface area contributed by atoms with E-state index in [-0.39, 0.29) is 0 Å². The second-order valence-corrected chi connectivity index (χ2v) is 5.57. The van der Waals surface area contributed by atoms with E-state index in [0.717, 1.165) is 33.5 Å². The van der Waals surface area contributed by atoms with E-state index in [1.807, 2.05) is 12.1 Å². The summed E-state index contributed by atoms with van der Waals surface area (Å²) >= 11 is 3.58. The summed E-state index contributed by atoms with van der Waals surface area (Å²) in [7, 11) is 0. The highest BCUT2D eigenvalue weighted by Crippen LogP contribution is 2.27. The molecule has 0 unspecified atom stereocenters. The molecule has 0 fully saturated rings. The average Bonchev–Trinajstić information content (AvgIpc) is 2.79. The van der Waals surface area contributed by atoms with Crippen LogP contribution in [0.5, 0.6) is 0 Å². The monoisotopic (exact) mass is 330 g/mol. The lowest BCUT2D eigenvalue weighted by atomic mass is 10.1. The summed E-state index contributed by atoms with van der Waals surface area (Å²) in [6, 6.07) is 6.03. The third kappa shape index (κ3) is 2.23. The Morgan fingerprint density at radius 3 is 2.75 bits per heavy atom. The summed E-state index contributed by atoms with van der Waals surface area (Å²) in [6.45, 7) is 2.66. The van der Waals surface area contributed by atoms with Crippen molar-refractivity contribution >= 4 is 21.6 Å². The Morgan fingerprint density at radius 1 is 1.30 bits per heavy atom. The molecule has 3 aromatic rings. The summed E-state index contributed by atoms with van der Waals surface area (Å²) in [5, 5.41) is 0. The van der Waals surface area contributed by atoms with Gasteiger partial charge in [0.2, 0.25) is 0 Å². The minimum atomic E-state index is 0.595. The zero-order valence-corrected chi connectivity index (χ0v) is 12.8. The summed E-state index contributed by atoms with van der Waals surface area (Å²) < 4.78 is 3.18. The number of hydrogen-bond acceptors (Lipinski definition) is 3. The topological polar surface area (TPSA) is 56.2 Å². The number of halogens is 1. The molecule has 3 heterocycles. The molecule has 0 radical (unpaired) electrons. The van der Waals surface area contributed by atoms with E-state index in [2.05, 4.69) is 44.5 Å². The van der Waals surface area contributed by atoms with E-state index in [9.17, 15) is 0 Å². The van der Waals surface area contributed by atoms with Crippen molar-refractivity contribution in [3.8, 4) is 11.3 Å². The maximum atomic E-state index is 5.76. The number of aromatic nitrogens is 3. The number of aryl methyl sites for hydroxylation is 1. The molecule has 102 valence electrons. The van der Waals surface area contributed by atoms with Crippen LogP contribution in [0.25, 0.3) is 16.9 Å². The molecule has 4 nitrogen and oxygen atoms in total. The Balaban J connectivity index is 2.28. The molecule has 0 saturated heterocycles. The third-order valence-corrected chi connectivity index (χ3v) is 4.17. The predicted molar refractivity (Wildman–Crippen MR) is 83.6 cm³/mol. The number of nitrogens with two attached hydrogens (primary N) is 1. The van der Waals surface area contributed by atoms with Crippen LogP contribution in [0.2, 0.25) is 0 Å². The zero-order valence-electron chi connectivity index (χ0n) is 11.2. The SMILES string of the molecule is Cc1cc2nc(-c3ccncc3)c(CCN)n2cc1Br. The Bertz CT molecular complexity index is 749. The van der Waals surface area contributed by atoms with Crippen molar-refractivity contribution in [3.05, 3.63) is 52.5 Å². The molecule has 5 heteroatoms. The lowest BCUT2D eigenvalue weighted by Gasteiger charge is -2.05. The Kier molecular flexibility index (Phi) is 3.54. The highest BCUT2D eigenvalue weighted by Gasteiger charge is 2.14. The molecule has 0 spiro atoms. The van der Waals surface area contributed by atoms with Crippen LogP contribution < -0.4 is 5.73 Å². The van der Waals surface area contributed by atoms with Gasteiger partial charge in [-0.05, 0) is 53.2 Å². The minimum Gasteiger partial charge on any atom is -0.330 e. The Hall–Kier alpha value is -1.72. The van der Waals surface area contributed by atoms with Gasteiger partial charge in [0.25, 0.3) is 0 Å². The van der Waals surface area contributed by atoms with Crippen molar-refractivity contribution in [1.29, 1.82) is 0 Å². The largest absolute Gasteiger partial charge is 0.330 e. The van der Waals surface area contributed by atoms with Gasteiger partial charge in [0, 0.05) is 35.0 Å². The van der Waals surface area contributed by atoms with Crippen molar-refractivity contribution in [2.45, 2.75) is 13.3 Å². The maximum Gasteiger partial charge on any atom is 0.137 e. The van der Waals surface area contributed by atoms with Crippen LogP contribution in [-0.4, -0.2) is 20.9 Å². The minimum absolute atomic E-state index is 0.595. The molecule has 0 bridgehead atoms. The van der Waals surface area contributed by atoms with Gasteiger partial charge < -0.3 is 10.1 Å². The first-order chi connectivity index (χ1) is 9.70. The Labute approximate surface area is 125 Å². The number of imidazole rings is 1. The highest BCUT2D eigenvalue weighted by molar-refractivity contribution is 9.10. The van der Waals surface area contributed by atoms with Crippen LogP contribution in [0.15, 0.2) is 41.3 Å². The molecule has 0 amide bonds. The third-order valence-electron chi connectivity index (χ3n) is 3.34. The van der Waals surface area contributed by atoms with E-state index in [4.69, 9.17) is 10.7 Å². The van der Waals surface area contributed by atoms with Crippen LogP contribution in [0.4, 0.5) is 0 Å². The summed E-state index contributed by atoms with van der Waals surface area (Å²) in [5.41, 5.74) is 11.1. The molecule has 0 atom stereocenters. The molecule has 0 aliphatic rings. The van der Waals surface area contributed by atoms with E-state index >= 15 is 0 Å². The van der Waals surface area contributed by atoms with Gasteiger partial charge in [0.15, 0.2) is 0 Å². The lowest BCUT2D eigenvalue weighted by molar-refractivity contribution is 0.904. The smallest absolute Gasteiger partial charge is 0.137 e. The normalized spacial score (nSPS) is 11.2. The molecule has 20 heavy (non-hydrogen) atoms. The van der Waals surface area contributed by atoms with Crippen LogP contribution in [-0.2, 0) is 6.42 Å². The van der Waals surface area contributed by atoms with Crippen molar-refractivity contribution in [1.82, 2.24) is 14.4 Å².